The molecule has 0 bridgehead atoms. The average molecular weight is 312 g/mol. The zero-order valence-electron chi connectivity index (χ0n) is 13.0. The number of aromatic nitrogens is 3. The molecule has 0 unspecified atom stereocenters. The molecule has 3 rings (SSSR count). The van der Waals surface area contributed by atoms with Crippen LogP contribution >= 0.6 is 0 Å². The van der Waals surface area contributed by atoms with Crippen molar-refractivity contribution in [3.63, 3.8) is 0 Å². The summed E-state index contributed by atoms with van der Waals surface area (Å²) < 4.78 is 14.9. The summed E-state index contributed by atoms with van der Waals surface area (Å²) >= 11 is 0. The van der Waals surface area contributed by atoms with Gasteiger partial charge in [0.1, 0.15) is 5.82 Å². The summed E-state index contributed by atoms with van der Waals surface area (Å²) in [6.07, 6.45) is 3.23. The van der Waals surface area contributed by atoms with Gasteiger partial charge in [-0.1, -0.05) is 12.1 Å². The molecular formula is C17H17FN4O. The van der Waals surface area contributed by atoms with Crippen LogP contribution in [0.15, 0.2) is 42.7 Å². The topological polar surface area (TPSA) is 59.8 Å². The largest absolute Gasteiger partial charge is 0.348 e. The summed E-state index contributed by atoms with van der Waals surface area (Å²) in [5.74, 6) is -0.568. The summed E-state index contributed by atoms with van der Waals surface area (Å²) in [7, 11) is 0. The first-order valence-electron chi connectivity index (χ1n) is 7.40. The average Bonchev–Trinajstić information content (AvgIpc) is 2.96. The lowest BCUT2D eigenvalue weighted by atomic mass is 10.2. The number of carbonyl (C=O) groups excluding carboxylic acids is 1. The number of amides is 1. The van der Waals surface area contributed by atoms with Crippen molar-refractivity contribution in [1.29, 1.82) is 0 Å². The number of rotatable bonds is 4. The number of halogens is 1. The van der Waals surface area contributed by atoms with Gasteiger partial charge in [0.2, 0.25) is 0 Å². The molecule has 1 amide bonds. The molecule has 118 valence electrons. The van der Waals surface area contributed by atoms with Crippen molar-refractivity contribution in [3.05, 3.63) is 59.7 Å². The fourth-order valence-corrected chi connectivity index (χ4v) is 2.37. The molecule has 5 nitrogen and oxygen atoms in total. The second-order valence-electron chi connectivity index (χ2n) is 5.63. The third-order valence-electron chi connectivity index (χ3n) is 3.53. The van der Waals surface area contributed by atoms with Crippen LogP contribution in [0.3, 0.4) is 0 Å². The number of nitrogens with zero attached hydrogens (tertiary/aromatic N) is 3. The highest BCUT2D eigenvalue weighted by molar-refractivity contribution is 5.96. The molecule has 0 spiro atoms. The zero-order valence-corrected chi connectivity index (χ0v) is 13.0. The fraction of sp³-hybridized carbons (Fsp3) is 0.235. The fourth-order valence-electron chi connectivity index (χ4n) is 2.37. The van der Waals surface area contributed by atoms with Gasteiger partial charge in [0.15, 0.2) is 5.65 Å². The predicted molar refractivity (Wildman–Crippen MR) is 85.5 cm³/mol. The van der Waals surface area contributed by atoms with Gasteiger partial charge < -0.3 is 5.32 Å². The summed E-state index contributed by atoms with van der Waals surface area (Å²) in [5, 5.41) is 7.86. The van der Waals surface area contributed by atoms with Crippen molar-refractivity contribution in [2.24, 2.45) is 0 Å². The molecule has 0 radical (unpaired) electrons. The Morgan fingerprint density at radius 3 is 2.87 bits per heavy atom. The van der Waals surface area contributed by atoms with Gasteiger partial charge >= 0.3 is 0 Å². The number of fused-ring (bicyclic) bond motifs is 1. The van der Waals surface area contributed by atoms with E-state index in [0.29, 0.717) is 11.1 Å². The normalized spacial score (nSPS) is 11.1. The minimum atomic E-state index is -0.319. The Hall–Kier alpha value is -2.76. The minimum Gasteiger partial charge on any atom is -0.348 e. The number of carbonyl (C=O) groups is 1. The number of hydrogen-bond donors (Lipinski definition) is 1. The third-order valence-corrected chi connectivity index (χ3v) is 3.53. The standard InChI is InChI=1S/C17H17FN4O/c1-11(2)22-16-13(10-21-22)7-14(9-19-16)17(23)20-8-12-4-3-5-15(18)6-12/h3-7,9-11H,8H2,1-2H3,(H,20,23). The molecule has 2 heterocycles. The Morgan fingerprint density at radius 2 is 2.13 bits per heavy atom. The number of hydrogen-bond acceptors (Lipinski definition) is 3. The van der Waals surface area contributed by atoms with Crippen LogP contribution in [0.1, 0.15) is 35.8 Å². The van der Waals surface area contributed by atoms with Crippen molar-refractivity contribution in [3.8, 4) is 0 Å². The molecule has 1 aromatic carbocycles. The van der Waals surface area contributed by atoms with Gasteiger partial charge in [0.25, 0.3) is 5.91 Å². The van der Waals surface area contributed by atoms with Crippen LogP contribution < -0.4 is 5.32 Å². The highest BCUT2D eigenvalue weighted by Gasteiger charge is 2.11. The van der Waals surface area contributed by atoms with E-state index < -0.39 is 0 Å². The van der Waals surface area contributed by atoms with Gasteiger partial charge in [-0.05, 0) is 37.6 Å². The summed E-state index contributed by atoms with van der Waals surface area (Å²) in [4.78, 5) is 16.5. The van der Waals surface area contributed by atoms with Crippen molar-refractivity contribution in [2.45, 2.75) is 26.4 Å². The van der Waals surface area contributed by atoms with E-state index in [1.807, 2.05) is 18.5 Å². The Morgan fingerprint density at radius 1 is 1.30 bits per heavy atom. The first kappa shape index (κ1) is 15.1. The van der Waals surface area contributed by atoms with Crippen LogP contribution in [0.25, 0.3) is 11.0 Å². The zero-order chi connectivity index (χ0) is 16.4. The summed E-state index contributed by atoms with van der Waals surface area (Å²) in [6, 6.07) is 8.11. The van der Waals surface area contributed by atoms with Crippen LogP contribution in [0, 0.1) is 5.82 Å². The van der Waals surface area contributed by atoms with E-state index in [0.717, 1.165) is 11.0 Å². The van der Waals surface area contributed by atoms with Crippen molar-refractivity contribution in [1.82, 2.24) is 20.1 Å². The lowest BCUT2D eigenvalue weighted by molar-refractivity contribution is 0.0950. The van der Waals surface area contributed by atoms with Crippen LogP contribution in [-0.2, 0) is 6.54 Å². The van der Waals surface area contributed by atoms with Gasteiger partial charge in [0.05, 0.1) is 11.8 Å². The van der Waals surface area contributed by atoms with Crippen LogP contribution in [-0.4, -0.2) is 20.7 Å². The van der Waals surface area contributed by atoms with E-state index >= 15 is 0 Å². The van der Waals surface area contributed by atoms with Gasteiger partial charge in [-0.25, -0.2) is 14.1 Å². The number of pyridine rings is 1. The second kappa shape index (κ2) is 6.16. The van der Waals surface area contributed by atoms with Crippen LogP contribution in [0.5, 0.6) is 0 Å². The van der Waals surface area contributed by atoms with E-state index in [9.17, 15) is 9.18 Å². The minimum absolute atomic E-state index is 0.202. The Labute approximate surface area is 133 Å². The molecule has 0 fully saturated rings. The van der Waals surface area contributed by atoms with E-state index in [1.165, 1.54) is 18.3 Å². The van der Waals surface area contributed by atoms with E-state index in [-0.39, 0.29) is 24.3 Å². The molecule has 0 aliphatic carbocycles. The van der Waals surface area contributed by atoms with Gasteiger partial charge in [-0.3, -0.25) is 4.79 Å². The highest BCUT2D eigenvalue weighted by atomic mass is 19.1. The molecule has 0 aliphatic rings. The maximum Gasteiger partial charge on any atom is 0.253 e. The Bertz CT molecular complexity index is 857. The molecule has 1 N–H and O–H groups in total. The van der Waals surface area contributed by atoms with Crippen LogP contribution in [0.4, 0.5) is 4.39 Å². The maximum absolute atomic E-state index is 13.1. The molecule has 0 aliphatic heterocycles. The first-order valence-corrected chi connectivity index (χ1v) is 7.40. The molecule has 6 heteroatoms. The highest BCUT2D eigenvalue weighted by Crippen LogP contribution is 2.16. The molecular weight excluding hydrogens is 295 g/mol. The van der Waals surface area contributed by atoms with E-state index in [2.05, 4.69) is 15.4 Å². The number of nitrogens with one attached hydrogen (secondary N) is 1. The van der Waals surface area contributed by atoms with Crippen molar-refractivity contribution in [2.75, 3.05) is 0 Å². The lowest BCUT2D eigenvalue weighted by Gasteiger charge is -2.07. The molecule has 3 aromatic rings. The van der Waals surface area contributed by atoms with Crippen molar-refractivity contribution >= 4 is 16.9 Å². The summed E-state index contributed by atoms with van der Waals surface area (Å²) in [6.45, 7) is 4.31. The SMILES string of the molecule is CC(C)n1ncc2cc(C(=O)NCc3cccc(F)c3)cnc21. The smallest absolute Gasteiger partial charge is 0.253 e. The van der Waals surface area contributed by atoms with Crippen molar-refractivity contribution < 1.29 is 9.18 Å². The first-order chi connectivity index (χ1) is 11.0. The van der Waals surface area contributed by atoms with E-state index in [4.69, 9.17) is 0 Å². The molecule has 0 atom stereocenters. The molecule has 0 saturated carbocycles. The monoisotopic (exact) mass is 312 g/mol. The van der Waals surface area contributed by atoms with E-state index in [1.54, 1.807) is 24.4 Å². The third kappa shape index (κ3) is 3.21. The predicted octanol–water partition coefficient (Wildman–Crippen LogP) is 3.08. The van der Waals surface area contributed by atoms with Gasteiger partial charge in [-0.2, -0.15) is 5.10 Å². The molecule has 2 aromatic heterocycles. The molecule has 23 heavy (non-hydrogen) atoms. The Kier molecular flexibility index (Phi) is 4.06. The number of benzene rings is 1. The molecule has 0 saturated heterocycles. The quantitative estimate of drug-likeness (QED) is 0.805. The second-order valence-corrected chi connectivity index (χ2v) is 5.63. The maximum atomic E-state index is 13.1. The van der Waals surface area contributed by atoms with Gasteiger partial charge in [0, 0.05) is 24.2 Å². The van der Waals surface area contributed by atoms with Crippen LogP contribution in [0.2, 0.25) is 0 Å². The Balaban J connectivity index is 1.76. The lowest BCUT2D eigenvalue weighted by Crippen LogP contribution is -2.23. The summed E-state index contributed by atoms with van der Waals surface area (Å²) in [5.41, 5.74) is 1.92. The van der Waals surface area contributed by atoms with Gasteiger partial charge in [-0.15, -0.1) is 0 Å².